The van der Waals surface area contributed by atoms with E-state index in [0.717, 1.165) is 18.2 Å². The highest BCUT2D eigenvalue weighted by atomic mass is 19.1. The van der Waals surface area contributed by atoms with E-state index in [9.17, 15) is 4.39 Å². The van der Waals surface area contributed by atoms with E-state index >= 15 is 0 Å². The van der Waals surface area contributed by atoms with Gasteiger partial charge in [-0.15, -0.1) is 0 Å². The number of benzene rings is 1. The molecule has 2 rings (SSSR count). The van der Waals surface area contributed by atoms with Crippen molar-refractivity contribution in [2.45, 2.75) is 38.8 Å². The van der Waals surface area contributed by atoms with Crippen LogP contribution in [0.5, 0.6) is 0 Å². The van der Waals surface area contributed by atoms with Gasteiger partial charge < -0.3 is 10.0 Å². The molecule has 0 aliphatic carbocycles. The second-order valence-electron chi connectivity index (χ2n) is 5.08. The minimum Gasteiger partial charge on any atom is -0.423 e. The maximum absolute atomic E-state index is 13.4. The van der Waals surface area contributed by atoms with Crippen LogP contribution in [0, 0.1) is 5.82 Å². The largest absolute Gasteiger partial charge is 0.488 e. The average molecular weight is 251 g/mol. The Balaban J connectivity index is 2.12. The van der Waals surface area contributed by atoms with Crippen LogP contribution in [0.15, 0.2) is 18.2 Å². The Morgan fingerprint density at radius 1 is 1.33 bits per heavy atom. The lowest BCUT2D eigenvalue weighted by Gasteiger charge is -2.33. The Labute approximate surface area is 107 Å². The Hall–Kier alpha value is -0.905. The van der Waals surface area contributed by atoms with Gasteiger partial charge in [0.15, 0.2) is 0 Å². The van der Waals surface area contributed by atoms with Gasteiger partial charge in [0.2, 0.25) is 0 Å². The number of hydrogen-bond acceptors (Lipinski definition) is 3. The molecule has 1 aromatic carbocycles. The molecule has 1 atom stereocenters. The van der Waals surface area contributed by atoms with Gasteiger partial charge in [0.1, 0.15) is 5.82 Å². The van der Waals surface area contributed by atoms with Crippen LogP contribution in [0.1, 0.15) is 31.7 Å². The number of nitrogens with zero attached hydrogens (tertiary/aromatic N) is 1. The third-order valence-corrected chi connectivity index (χ3v) is 3.60. The predicted octanol–water partition coefficient (Wildman–Crippen LogP) is 0.880. The molecule has 1 heterocycles. The van der Waals surface area contributed by atoms with Crippen molar-refractivity contribution in [3.8, 4) is 0 Å². The normalized spacial score (nSPS) is 21.0. The molecule has 1 fully saturated rings. The minimum atomic E-state index is -1.61. The molecule has 1 unspecified atom stereocenters. The van der Waals surface area contributed by atoms with Crippen LogP contribution in [-0.4, -0.2) is 34.7 Å². The summed E-state index contributed by atoms with van der Waals surface area (Å²) in [6.07, 6.45) is 3.60. The van der Waals surface area contributed by atoms with Gasteiger partial charge >= 0.3 is 7.12 Å². The number of halogens is 1. The summed E-state index contributed by atoms with van der Waals surface area (Å²) in [5, 5.41) is 18.2. The van der Waals surface area contributed by atoms with Crippen LogP contribution in [0.4, 0.5) is 4.39 Å². The van der Waals surface area contributed by atoms with E-state index in [1.54, 1.807) is 6.07 Å². The van der Waals surface area contributed by atoms with Crippen molar-refractivity contribution >= 4 is 12.6 Å². The Morgan fingerprint density at radius 3 is 2.78 bits per heavy atom. The number of piperidine rings is 1. The fourth-order valence-electron chi connectivity index (χ4n) is 2.54. The molecule has 0 aromatic heterocycles. The first-order valence-corrected chi connectivity index (χ1v) is 6.46. The number of hydrogen-bond donors (Lipinski definition) is 2. The first-order chi connectivity index (χ1) is 8.56. The van der Waals surface area contributed by atoms with Gasteiger partial charge in [-0.1, -0.05) is 12.5 Å². The monoisotopic (exact) mass is 251 g/mol. The molecule has 0 radical (unpaired) electrons. The van der Waals surface area contributed by atoms with Gasteiger partial charge in [0.25, 0.3) is 0 Å². The van der Waals surface area contributed by atoms with Crippen molar-refractivity contribution in [1.82, 2.24) is 4.90 Å². The smallest absolute Gasteiger partial charge is 0.423 e. The van der Waals surface area contributed by atoms with Gasteiger partial charge in [-0.05, 0) is 49.5 Å². The standard InChI is InChI=1S/C13H19BFNO2/c1-10-4-2-3-5-16(10)9-11-6-12(14(17)18)8-13(15)7-11/h6-8,10,17-18H,2-5,9H2,1H3. The number of likely N-dealkylation sites (tertiary alicyclic amines) is 1. The van der Waals surface area contributed by atoms with Crippen LogP contribution in [0.3, 0.4) is 0 Å². The van der Waals surface area contributed by atoms with Crippen LogP contribution in [-0.2, 0) is 6.54 Å². The van der Waals surface area contributed by atoms with Crippen LogP contribution < -0.4 is 5.46 Å². The highest BCUT2D eigenvalue weighted by Crippen LogP contribution is 2.19. The van der Waals surface area contributed by atoms with E-state index in [1.807, 2.05) is 0 Å². The Bertz CT molecular complexity index is 414. The Morgan fingerprint density at radius 2 is 2.11 bits per heavy atom. The zero-order valence-electron chi connectivity index (χ0n) is 10.6. The molecule has 3 nitrogen and oxygen atoms in total. The van der Waals surface area contributed by atoms with Crippen molar-refractivity contribution < 1.29 is 14.4 Å². The van der Waals surface area contributed by atoms with E-state index in [0.29, 0.717) is 12.6 Å². The predicted molar refractivity (Wildman–Crippen MR) is 69.9 cm³/mol. The lowest BCUT2D eigenvalue weighted by Crippen LogP contribution is -2.37. The zero-order chi connectivity index (χ0) is 13.1. The summed E-state index contributed by atoms with van der Waals surface area (Å²) in [6.45, 7) is 3.87. The Kier molecular flexibility index (Phi) is 4.38. The average Bonchev–Trinajstić information content (AvgIpc) is 2.31. The molecule has 5 heteroatoms. The first-order valence-electron chi connectivity index (χ1n) is 6.46. The zero-order valence-corrected chi connectivity index (χ0v) is 10.6. The molecule has 18 heavy (non-hydrogen) atoms. The summed E-state index contributed by atoms with van der Waals surface area (Å²) in [7, 11) is -1.61. The highest BCUT2D eigenvalue weighted by Gasteiger charge is 2.19. The number of rotatable bonds is 3. The maximum Gasteiger partial charge on any atom is 0.488 e. The van der Waals surface area contributed by atoms with Gasteiger partial charge in [0, 0.05) is 12.6 Å². The van der Waals surface area contributed by atoms with Crippen molar-refractivity contribution in [2.75, 3.05) is 6.54 Å². The summed E-state index contributed by atoms with van der Waals surface area (Å²) >= 11 is 0. The molecular weight excluding hydrogens is 232 g/mol. The first kappa shape index (κ1) is 13.5. The fraction of sp³-hybridized carbons (Fsp3) is 0.538. The van der Waals surface area contributed by atoms with Gasteiger partial charge in [-0.3, -0.25) is 4.90 Å². The minimum absolute atomic E-state index is 0.217. The third kappa shape index (κ3) is 3.31. The highest BCUT2D eigenvalue weighted by molar-refractivity contribution is 6.58. The van der Waals surface area contributed by atoms with E-state index in [-0.39, 0.29) is 5.46 Å². The summed E-state index contributed by atoms with van der Waals surface area (Å²) in [5.41, 5.74) is 1.02. The second-order valence-corrected chi connectivity index (χ2v) is 5.08. The third-order valence-electron chi connectivity index (χ3n) is 3.60. The van der Waals surface area contributed by atoms with Crippen molar-refractivity contribution in [3.05, 3.63) is 29.6 Å². The summed E-state index contributed by atoms with van der Waals surface area (Å²) in [5.74, 6) is -0.416. The SMILES string of the molecule is CC1CCCCN1Cc1cc(F)cc(B(O)O)c1. The van der Waals surface area contributed by atoms with Gasteiger partial charge in [-0.2, -0.15) is 0 Å². The second kappa shape index (κ2) is 5.82. The molecule has 98 valence electrons. The van der Waals surface area contributed by atoms with Gasteiger partial charge in [-0.25, -0.2) is 4.39 Å². The summed E-state index contributed by atoms with van der Waals surface area (Å²) < 4.78 is 13.4. The molecule has 0 spiro atoms. The molecule has 1 aromatic rings. The fourth-order valence-corrected chi connectivity index (χ4v) is 2.54. The summed E-state index contributed by atoms with van der Waals surface area (Å²) in [6, 6.07) is 4.79. The molecule has 0 bridgehead atoms. The molecular formula is C13H19BFNO2. The van der Waals surface area contributed by atoms with E-state index < -0.39 is 12.9 Å². The summed E-state index contributed by atoms with van der Waals surface area (Å²) in [4.78, 5) is 2.31. The van der Waals surface area contributed by atoms with Crippen molar-refractivity contribution in [1.29, 1.82) is 0 Å². The van der Waals surface area contributed by atoms with E-state index in [1.165, 1.54) is 25.3 Å². The van der Waals surface area contributed by atoms with Crippen LogP contribution >= 0.6 is 0 Å². The van der Waals surface area contributed by atoms with E-state index in [4.69, 9.17) is 10.0 Å². The molecule has 1 aliphatic heterocycles. The topological polar surface area (TPSA) is 43.7 Å². The molecule has 2 N–H and O–H groups in total. The lowest BCUT2D eigenvalue weighted by atomic mass is 9.79. The quantitative estimate of drug-likeness (QED) is 0.784. The molecule has 0 amide bonds. The van der Waals surface area contributed by atoms with Crippen molar-refractivity contribution in [3.63, 3.8) is 0 Å². The lowest BCUT2D eigenvalue weighted by molar-refractivity contribution is 0.152. The van der Waals surface area contributed by atoms with Gasteiger partial charge in [0.05, 0.1) is 0 Å². The van der Waals surface area contributed by atoms with Crippen molar-refractivity contribution in [2.24, 2.45) is 0 Å². The van der Waals surface area contributed by atoms with Crippen LogP contribution in [0.2, 0.25) is 0 Å². The van der Waals surface area contributed by atoms with Crippen LogP contribution in [0.25, 0.3) is 0 Å². The molecule has 1 saturated heterocycles. The molecule has 1 aliphatic rings. The molecule has 0 saturated carbocycles. The van der Waals surface area contributed by atoms with E-state index in [2.05, 4.69) is 11.8 Å². The maximum atomic E-state index is 13.4.